The van der Waals surface area contributed by atoms with E-state index in [0.29, 0.717) is 12.1 Å². The van der Waals surface area contributed by atoms with E-state index in [9.17, 15) is 8.78 Å². The van der Waals surface area contributed by atoms with Gasteiger partial charge in [0.1, 0.15) is 11.6 Å². The van der Waals surface area contributed by atoms with Gasteiger partial charge >= 0.3 is 0 Å². The Hall–Kier alpha value is -0.670. The van der Waals surface area contributed by atoms with Gasteiger partial charge in [0.05, 0.1) is 5.02 Å². The van der Waals surface area contributed by atoms with Crippen LogP contribution >= 0.6 is 11.6 Å². The molecule has 0 unspecified atom stereocenters. The fourth-order valence-corrected chi connectivity index (χ4v) is 1.83. The normalized spacial score (nSPS) is 18.3. The van der Waals surface area contributed by atoms with Crippen LogP contribution in [0.4, 0.5) is 8.78 Å². The van der Waals surface area contributed by atoms with Gasteiger partial charge in [-0.1, -0.05) is 11.6 Å². The van der Waals surface area contributed by atoms with Crippen molar-refractivity contribution in [3.63, 3.8) is 0 Å². The molecule has 1 nitrogen and oxygen atoms in total. The molecule has 1 aromatic carbocycles. The molecule has 14 heavy (non-hydrogen) atoms. The number of benzene rings is 1. The van der Waals surface area contributed by atoms with Crippen LogP contribution in [-0.2, 0) is 5.41 Å². The third-order valence-corrected chi connectivity index (χ3v) is 3.12. The topological polar surface area (TPSA) is 26.0 Å². The summed E-state index contributed by atoms with van der Waals surface area (Å²) in [6.45, 7) is 0.381. The van der Waals surface area contributed by atoms with Crippen molar-refractivity contribution in [2.24, 2.45) is 5.73 Å². The lowest BCUT2D eigenvalue weighted by molar-refractivity contribution is 0.549. The molecule has 0 amide bonds. The molecule has 0 saturated heterocycles. The number of rotatable bonds is 2. The predicted molar refractivity (Wildman–Crippen MR) is 51.3 cm³/mol. The molecule has 0 bridgehead atoms. The van der Waals surface area contributed by atoms with Crippen molar-refractivity contribution >= 4 is 11.6 Å². The molecule has 0 aromatic heterocycles. The minimum atomic E-state index is -0.722. The Labute approximate surface area is 85.9 Å². The molecule has 1 aliphatic carbocycles. The van der Waals surface area contributed by atoms with Crippen molar-refractivity contribution in [1.82, 2.24) is 0 Å². The average Bonchev–Trinajstić information content (AvgIpc) is 2.92. The zero-order valence-electron chi connectivity index (χ0n) is 7.49. The van der Waals surface area contributed by atoms with E-state index in [0.717, 1.165) is 18.9 Å². The van der Waals surface area contributed by atoms with Crippen LogP contribution in [0.5, 0.6) is 0 Å². The Morgan fingerprint density at radius 1 is 1.29 bits per heavy atom. The molecule has 76 valence electrons. The van der Waals surface area contributed by atoms with E-state index in [4.69, 9.17) is 17.3 Å². The van der Waals surface area contributed by atoms with Gasteiger partial charge in [-0.3, -0.25) is 0 Å². The molecule has 2 rings (SSSR count). The Morgan fingerprint density at radius 3 is 2.43 bits per heavy atom. The highest BCUT2D eigenvalue weighted by Crippen LogP contribution is 2.48. The van der Waals surface area contributed by atoms with Gasteiger partial charge in [0.15, 0.2) is 0 Å². The van der Waals surface area contributed by atoms with Gasteiger partial charge in [-0.25, -0.2) is 8.78 Å². The second kappa shape index (κ2) is 3.17. The lowest BCUT2D eigenvalue weighted by Gasteiger charge is -2.14. The highest BCUT2D eigenvalue weighted by Gasteiger charge is 2.45. The molecule has 0 atom stereocenters. The summed E-state index contributed by atoms with van der Waals surface area (Å²) < 4.78 is 26.3. The second-order valence-corrected chi connectivity index (χ2v) is 4.14. The fraction of sp³-hybridized carbons (Fsp3) is 0.400. The van der Waals surface area contributed by atoms with Crippen molar-refractivity contribution in [1.29, 1.82) is 0 Å². The van der Waals surface area contributed by atoms with Crippen molar-refractivity contribution < 1.29 is 8.78 Å². The minimum Gasteiger partial charge on any atom is -0.330 e. The molecule has 1 aliphatic rings. The number of halogens is 3. The highest BCUT2D eigenvalue weighted by molar-refractivity contribution is 6.30. The standard InChI is InChI=1S/C10H10ClF2N/c11-7-3-6(8(12)4-9(7)13)10(5-14)1-2-10/h3-4H,1-2,5,14H2. The van der Waals surface area contributed by atoms with Gasteiger partial charge in [-0.2, -0.15) is 0 Å². The van der Waals surface area contributed by atoms with Gasteiger partial charge in [-0.15, -0.1) is 0 Å². The first-order valence-electron chi connectivity index (χ1n) is 4.44. The first-order chi connectivity index (χ1) is 6.59. The Bertz CT molecular complexity index is 375. The quantitative estimate of drug-likeness (QED) is 0.758. The van der Waals surface area contributed by atoms with Crippen LogP contribution in [0.3, 0.4) is 0 Å². The molecular formula is C10H10ClF2N. The van der Waals surface area contributed by atoms with Gasteiger partial charge < -0.3 is 5.73 Å². The summed E-state index contributed by atoms with van der Waals surface area (Å²) in [6.07, 6.45) is 1.70. The summed E-state index contributed by atoms with van der Waals surface area (Å²) in [6, 6.07) is 2.18. The number of hydrogen-bond acceptors (Lipinski definition) is 1. The van der Waals surface area contributed by atoms with E-state index in [1.165, 1.54) is 6.07 Å². The van der Waals surface area contributed by atoms with Crippen LogP contribution in [0.1, 0.15) is 18.4 Å². The van der Waals surface area contributed by atoms with Gasteiger partial charge in [0.2, 0.25) is 0 Å². The van der Waals surface area contributed by atoms with E-state index >= 15 is 0 Å². The maximum atomic E-state index is 13.4. The number of nitrogens with two attached hydrogens (primary N) is 1. The van der Waals surface area contributed by atoms with Crippen LogP contribution in [0.25, 0.3) is 0 Å². The van der Waals surface area contributed by atoms with Crippen molar-refractivity contribution in [3.05, 3.63) is 34.4 Å². The van der Waals surface area contributed by atoms with Gasteiger partial charge in [0, 0.05) is 18.0 Å². The van der Waals surface area contributed by atoms with Crippen LogP contribution in [0.15, 0.2) is 12.1 Å². The molecular weight excluding hydrogens is 208 g/mol. The molecule has 0 heterocycles. The van der Waals surface area contributed by atoms with E-state index in [-0.39, 0.29) is 10.4 Å². The third-order valence-electron chi connectivity index (χ3n) is 2.83. The molecule has 0 aliphatic heterocycles. The largest absolute Gasteiger partial charge is 0.330 e. The molecule has 0 spiro atoms. The monoisotopic (exact) mass is 217 g/mol. The van der Waals surface area contributed by atoms with Crippen LogP contribution in [0, 0.1) is 11.6 Å². The fourth-order valence-electron chi connectivity index (χ4n) is 1.66. The van der Waals surface area contributed by atoms with E-state index in [2.05, 4.69) is 0 Å². The Kier molecular flexibility index (Phi) is 2.24. The minimum absolute atomic E-state index is 0.0406. The van der Waals surface area contributed by atoms with Crippen LogP contribution < -0.4 is 5.73 Å². The molecule has 2 N–H and O–H groups in total. The molecule has 0 radical (unpaired) electrons. The first kappa shape index (κ1) is 9.87. The summed E-state index contributed by atoms with van der Waals surface area (Å²) in [5, 5.41) is -0.0406. The molecule has 1 fully saturated rings. The Morgan fingerprint density at radius 2 is 1.93 bits per heavy atom. The van der Waals surface area contributed by atoms with E-state index in [1.54, 1.807) is 0 Å². The van der Waals surface area contributed by atoms with Crippen LogP contribution in [0.2, 0.25) is 5.02 Å². The predicted octanol–water partition coefficient (Wildman–Crippen LogP) is 2.61. The maximum Gasteiger partial charge on any atom is 0.144 e. The average molecular weight is 218 g/mol. The molecule has 1 aromatic rings. The van der Waals surface area contributed by atoms with E-state index in [1.807, 2.05) is 0 Å². The lowest BCUT2D eigenvalue weighted by atomic mass is 9.95. The first-order valence-corrected chi connectivity index (χ1v) is 4.82. The number of hydrogen-bond donors (Lipinski definition) is 1. The summed E-state index contributed by atoms with van der Waals surface area (Å²) in [5.74, 6) is -1.27. The second-order valence-electron chi connectivity index (χ2n) is 3.73. The SMILES string of the molecule is NCC1(c2cc(Cl)c(F)cc2F)CC1. The third kappa shape index (κ3) is 1.41. The molecule has 4 heteroatoms. The van der Waals surface area contributed by atoms with Crippen LogP contribution in [-0.4, -0.2) is 6.54 Å². The summed E-state index contributed by atoms with van der Waals surface area (Å²) in [7, 11) is 0. The smallest absolute Gasteiger partial charge is 0.144 e. The van der Waals surface area contributed by atoms with Crippen molar-refractivity contribution in [2.45, 2.75) is 18.3 Å². The zero-order valence-corrected chi connectivity index (χ0v) is 8.24. The van der Waals surface area contributed by atoms with Crippen molar-refractivity contribution in [2.75, 3.05) is 6.54 Å². The summed E-state index contributed by atoms with van der Waals surface area (Å²) in [5.41, 5.74) is 5.71. The summed E-state index contributed by atoms with van der Waals surface area (Å²) >= 11 is 5.59. The summed E-state index contributed by atoms with van der Waals surface area (Å²) in [4.78, 5) is 0. The lowest BCUT2D eigenvalue weighted by Crippen LogP contribution is -2.21. The maximum absolute atomic E-state index is 13.4. The Balaban J connectivity index is 2.49. The van der Waals surface area contributed by atoms with E-state index < -0.39 is 11.6 Å². The highest BCUT2D eigenvalue weighted by atomic mass is 35.5. The van der Waals surface area contributed by atoms with Gasteiger partial charge in [0.25, 0.3) is 0 Å². The zero-order chi connectivity index (χ0) is 10.3. The van der Waals surface area contributed by atoms with Gasteiger partial charge in [-0.05, 0) is 24.5 Å². The molecule has 1 saturated carbocycles. The van der Waals surface area contributed by atoms with Crippen molar-refractivity contribution in [3.8, 4) is 0 Å².